The molecular formula is C13H19N3. The maximum Gasteiger partial charge on any atom is 0.126 e. The summed E-state index contributed by atoms with van der Waals surface area (Å²) in [5, 5.41) is 0. The molecule has 0 aliphatic carbocycles. The van der Waals surface area contributed by atoms with E-state index in [0.29, 0.717) is 5.92 Å². The summed E-state index contributed by atoms with van der Waals surface area (Å²) in [6.07, 6.45) is 0. The number of hydrogen-bond acceptors (Lipinski definition) is 2. The van der Waals surface area contributed by atoms with Gasteiger partial charge in [-0.2, -0.15) is 0 Å². The first-order valence-corrected chi connectivity index (χ1v) is 5.72. The van der Waals surface area contributed by atoms with Crippen LogP contribution in [0.1, 0.15) is 44.1 Å². The van der Waals surface area contributed by atoms with E-state index in [9.17, 15) is 0 Å². The van der Waals surface area contributed by atoms with E-state index in [1.807, 2.05) is 14.0 Å². The Balaban J connectivity index is 2.63. The van der Waals surface area contributed by atoms with E-state index in [4.69, 9.17) is 5.73 Å². The van der Waals surface area contributed by atoms with Gasteiger partial charge in [-0.3, -0.25) is 0 Å². The molecule has 0 spiro atoms. The van der Waals surface area contributed by atoms with Gasteiger partial charge >= 0.3 is 0 Å². The van der Waals surface area contributed by atoms with Crippen LogP contribution in [0, 0.1) is 0 Å². The van der Waals surface area contributed by atoms with E-state index >= 15 is 0 Å². The highest BCUT2D eigenvalue weighted by Crippen LogP contribution is 2.23. The molecule has 2 N–H and O–H groups in total. The van der Waals surface area contributed by atoms with Crippen molar-refractivity contribution in [1.82, 2.24) is 9.55 Å². The molecule has 2 rings (SSSR count). The molecule has 0 saturated carbocycles. The largest absolute Gasteiger partial charge is 0.330 e. The maximum atomic E-state index is 5.89. The minimum absolute atomic E-state index is 0.0279. The predicted molar refractivity (Wildman–Crippen MR) is 67.4 cm³/mol. The fourth-order valence-electron chi connectivity index (χ4n) is 2.00. The zero-order valence-corrected chi connectivity index (χ0v) is 10.4. The maximum absolute atomic E-state index is 5.89. The van der Waals surface area contributed by atoms with Crippen LogP contribution in [0.5, 0.6) is 0 Å². The Morgan fingerprint density at radius 3 is 2.50 bits per heavy atom. The molecule has 0 fully saturated rings. The number of nitrogens with zero attached hydrogens (tertiary/aromatic N) is 2. The predicted octanol–water partition coefficient (Wildman–Crippen LogP) is 2.72. The fraction of sp³-hybridized carbons (Fsp3) is 0.462. The van der Waals surface area contributed by atoms with Gasteiger partial charge in [-0.25, -0.2) is 4.98 Å². The molecule has 2 aromatic rings. The molecule has 0 aliphatic rings. The van der Waals surface area contributed by atoms with Crippen molar-refractivity contribution in [2.24, 2.45) is 12.8 Å². The second-order valence-corrected chi connectivity index (χ2v) is 4.72. The number of rotatable bonds is 2. The second kappa shape index (κ2) is 3.91. The average Bonchev–Trinajstić information content (AvgIpc) is 2.55. The van der Waals surface area contributed by atoms with Crippen LogP contribution in [-0.4, -0.2) is 9.55 Å². The van der Waals surface area contributed by atoms with E-state index < -0.39 is 0 Å². The highest BCUT2D eigenvalue weighted by Gasteiger charge is 2.11. The van der Waals surface area contributed by atoms with Gasteiger partial charge in [0.05, 0.1) is 17.1 Å². The Morgan fingerprint density at radius 1 is 1.25 bits per heavy atom. The van der Waals surface area contributed by atoms with Crippen LogP contribution in [0.25, 0.3) is 11.0 Å². The Morgan fingerprint density at radius 2 is 1.94 bits per heavy atom. The van der Waals surface area contributed by atoms with Gasteiger partial charge in [-0.05, 0) is 30.5 Å². The SMILES string of the molecule is CC(C)c1ccc2c(c1)nc(C(C)N)n2C. The Labute approximate surface area is 96.3 Å². The highest BCUT2D eigenvalue weighted by atomic mass is 15.1. The minimum Gasteiger partial charge on any atom is -0.330 e. The van der Waals surface area contributed by atoms with Crippen LogP contribution >= 0.6 is 0 Å². The van der Waals surface area contributed by atoms with Crippen LogP contribution in [0.3, 0.4) is 0 Å². The zero-order valence-electron chi connectivity index (χ0n) is 10.4. The van der Waals surface area contributed by atoms with Crippen LogP contribution in [-0.2, 0) is 7.05 Å². The number of hydrogen-bond donors (Lipinski definition) is 1. The molecule has 0 saturated heterocycles. The molecule has 3 nitrogen and oxygen atoms in total. The van der Waals surface area contributed by atoms with Crippen molar-refractivity contribution in [3.8, 4) is 0 Å². The third-order valence-corrected chi connectivity index (χ3v) is 3.01. The summed E-state index contributed by atoms with van der Waals surface area (Å²) >= 11 is 0. The Bertz CT molecular complexity index is 509. The quantitative estimate of drug-likeness (QED) is 0.840. The number of aromatic nitrogens is 2. The Hall–Kier alpha value is -1.35. The molecule has 86 valence electrons. The van der Waals surface area contributed by atoms with E-state index in [1.54, 1.807) is 0 Å². The highest BCUT2D eigenvalue weighted by molar-refractivity contribution is 5.77. The summed E-state index contributed by atoms with van der Waals surface area (Å²) < 4.78 is 2.07. The molecule has 1 atom stereocenters. The molecule has 1 aromatic heterocycles. The standard InChI is InChI=1S/C13H19N3/c1-8(2)10-5-6-12-11(7-10)15-13(9(3)14)16(12)4/h5-9H,14H2,1-4H3. The van der Waals surface area contributed by atoms with Gasteiger partial charge in [0.15, 0.2) is 0 Å². The molecule has 0 amide bonds. The van der Waals surface area contributed by atoms with Crippen LogP contribution < -0.4 is 5.73 Å². The topological polar surface area (TPSA) is 43.8 Å². The van der Waals surface area contributed by atoms with Crippen molar-refractivity contribution in [3.05, 3.63) is 29.6 Å². The second-order valence-electron chi connectivity index (χ2n) is 4.72. The van der Waals surface area contributed by atoms with Crippen molar-refractivity contribution in [1.29, 1.82) is 0 Å². The van der Waals surface area contributed by atoms with E-state index in [-0.39, 0.29) is 6.04 Å². The van der Waals surface area contributed by atoms with Gasteiger partial charge < -0.3 is 10.3 Å². The molecule has 0 aliphatic heterocycles. The van der Waals surface area contributed by atoms with Gasteiger partial charge in [-0.1, -0.05) is 19.9 Å². The van der Waals surface area contributed by atoms with E-state index in [1.165, 1.54) is 5.56 Å². The van der Waals surface area contributed by atoms with Gasteiger partial charge in [0, 0.05) is 7.05 Å². The van der Waals surface area contributed by atoms with Gasteiger partial charge in [0.25, 0.3) is 0 Å². The van der Waals surface area contributed by atoms with Crippen LogP contribution in [0.15, 0.2) is 18.2 Å². The third kappa shape index (κ3) is 1.71. The molecule has 16 heavy (non-hydrogen) atoms. The van der Waals surface area contributed by atoms with E-state index in [2.05, 4.69) is 41.6 Å². The number of imidazole rings is 1. The first-order valence-electron chi connectivity index (χ1n) is 5.72. The van der Waals surface area contributed by atoms with Crippen LogP contribution in [0.2, 0.25) is 0 Å². The number of fused-ring (bicyclic) bond motifs is 1. The molecule has 0 radical (unpaired) electrons. The monoisotopic (exact) mass is 217 g/mol. The first-order chi connectivity index (χ1) is 7.50. The summed E-state index contributed by atoms with van der Waals surface area (Å²) in [6, 6.07) is 6.43. The van der Waals surface area contributed by atoms with E-state index in [0.717, 1.165) is 16.9 Å². The lowest BCUT2D eigenvalue weighted by Crippen LogP contribution is -2.11. The van der Waals surface area contributed by atoms with Gasteiger partial charge in [0.1, 0.15) is 5.82 Å². The lowest BCUT2D eigenvalue weighted by molar-refractivity contribution is 0.696. The molecule has 3 heteroatoms. The fourth-order valence-corrected chi connectivity index (χ4v) is 2.00. The zero-order chi connectivity index (χ0) is 11.9. The summed E-state index contributed by atoms with van der Waals surface area (Å²) in [5.41, 5.74) is 9.41. The van der Waals surface area contributed by atoms with Crippen molar-refractivity contribution in [3.63, 3.8) is 0 Å². The number of aryl methyl sites for hydroxylation is 1. The molecule has 1 aromatic carbocycles. The molecule has 1 unspecified atom stereocenters. The average molecular weight is 217 g/mol. The molecular weight excluding hydrogens is 198 g/mol. The smallest absolute Gasteiger partial charge is 0.126 e. The normalized spacial score (nSPS) is 13.6. The van der Waals surface area contributed by atoms with Crippen molar-refractivity contribution >= 4 is 11.0 Å². The summed E-state index contributed by atoms with van der Waals surface area (Å²) in [5.74, 6) is 1.47. The number of nitrogens with two attached hydrogens (primary N) is 1. The summed E-state index contributed by atoms with van der Waals surface area (Å²) in [7, 11) is 2.02. The molecule has 0 bridgehead atoms. The summed E-state index contributed by atoms with van der Waals surface area (Å²) in [6.45, 7) is 6.34. The van der Waals surface area contributed by atoms with Crippen molar-refractivity contribution in [2.45, 2.75) is 32.7 Å². The Kier molecular flexibility index (Phi) is 2.72. The van der Waals surface area contributed by atoms with Gasteiger partial charge in [-0.15, -0.1) is 0 Å². The lowest BCUT2D eigenvalue weighted by atomic mass is 10.0. The lowest BCUT2D eigenvalue weighted by Gasteiger charge is -2.05. The number of benzene rings is 1. The van der Waals surface area contributed by atoms with Crippen LogP contribution in [0.4, 0.5) is 0 Å². The van der Waals surface area contributed by atoms with Crippen molar-refractivity contribution < 1.29 is 0 Å². The molecule has 1 heterocycles. The van der Waals surface area contributed by atoms with Crippen molar-refractivity contribution in [2.75, 3.05) is 0 Å². The first kappa shape index (κ1) is 11.1. The minimum atomic E-state index is -0.0279. The van der Waals surface area contributed by atoms with Gasteiger partial charge in [0.2, 0.25) is 0 Å². The third-order valence-electron chi connectivity index (χ3n) is 3.01. The summed E-state index contributed by atoms with van der Waals surface area (Å²) in [4.78, 5) is 4.59.